The van der Waals surface area contributed by atoms with Gasteiger partial charge in [-0.2, -0.15) is 0 Å². The molecule has 0 saturated heterocycles. The predicted molar refractivity (Wildman–Crippen MR) is 71.8 cm³/mol. The van der Waals surface area contributed by atoms with Crippen LogP contribution in [-0.2, 0) is 13.0 Å². The fraction of sp³-hybridized carbons (Fsp3) is 0.188. The van der Waals surface area contributed by atoms with E-state index in [-0.39, 0.29) is 0 Å². The first-order valence-corrected chi connectivity index (χ1v) is 6.28. The van der Waals surface area contributed by atoms with Crippen LogP contribution in [-0.4, -0.2) is 12.9 Å². The van der Waals surface area contributed by atoms with E-state index < -0.39 is 0 Å². The maximum absolute atomic E-state index is 10.9. The largest absolute Gasteiger partial charge is 0.493 e. The first-order valence-electron chi connectivity index (χ1n) is 6.28. The van der Waals surface area contributed by atoms with Gasteiger partial charge in [0.2, 0.25) is 0 Å². The molecule has 0 aromatic heterocycles. The molecule has 0 fully saturated rings. The van der Waals surface area contributed by atoms with Crippen LogP contribution < -0.4 is 9.47 Å². The lowest BCUT2D eigenvalue weighted by atomic mass is 10.1. The molecule has 0 amide bonds. The van der Waals surface area contributed by atoms with Crippen molar-refractivity contribution in [2.75, 3.05) is 6.61 Å². The third kappa shape index (κ3) is 2.45. The fourth-order valence-corrected chi connectivity index (χ4v) is 2.21. The molecule has 0 radical (unpaired) electrons. The minimum Gasteiger partial charge on any atom is -0.493 e. The average molecular weight is 254 g/mol. The van der Waals surface area contributed by atoms with Crippen molar-refractivity contribution in [3.63, 3.8) is 0 Å². The van der Waals surface area contributed by atoms with Crippen molar-refractivity contribution in [3.05, 3.63) is 59.2 Å². The Morgan fingerprint density at radius 1 is 1.21 bits per heavy atom. The van der Waals surface area contributed by atoms with Gasteiger partial charge in [-0.1, -0.05) is 30.3 Å². The van der Waals surface area contributed by atoms with E-state index in [0.29, 0.717) is 18.8 Å². The van der Waals surface area contributed by atoms with Crippen LogP contribution in [0.25, 0.3) is 0 Å². The molecule has 96 valence electrons. The fourth-order valence-electron chi connectivity index (χ4n) is 2.21. The van der Waals surface area contributed by atoms with Crippen LogP contribution in [0.1, 0.15) is 21.5 Å². The summed E-state index contributed by atoms with van der Waals surface area (Å²) in [7, 11) is 0. The molecule has 0 atom stereocenters. The Morgan fingerprint density at radius 3 is 2.84 bits per heavy atom. The normalized spacial score (nSPS) is 12.6. The van der Waals surface area contributed by atoms with E-state index >= 15 is 0 Å². The van der Waals surface area contributed by atoms with E-state index in [0.717, 1.165) is 35.3 Å². The number of aldehydes is 1. The minimum absolute atomic E-state index is 0.496. The summed E-state index contributed by atoms with van der Waals surface area (Å²) in [5.74, 6) is 1.52. The van der Waals surface area contributed by atoms with Gasteiger partial charge in [0.25, 0.3) is 0 Å². The highest BCUT2D eigenvalue weighted by molar-refractivity contribution is 5.77. The molecule has 3 heteroatoms. The maximum Gasteiger partial charge on any atom is 0.150 e. The van der Waals surface area contributed by atoms with Crippen molar-refractivity contribution >= 4 is 6.29 Å². The van der Waals surface area contributed by atoms with E-state index in [1.807, 2.05) is 30.3 Å². The third-order valence-electron chi connectivity index (χ3n) is 3.17. The molecular weight excluding hydrogens is 240 g/mol. The lowest BCUT2D eigenvalue weighted by Gasteiger charge is -2.10. The molecule has 1 heterocycles. The van der Waals surface area contributed by atoms with Crippen molar-refractivity contribution < 1.29 is 14.3 Å². The zero-order valence-corrected chi connectivity index (χ0v) is 10.5. The Hall–Kier alpha value is -2.29. The van der Waals surface area contributed by atoms with Gasteiger partial charge in [0.15, 0.2) is 0 Å². The maximum atomic E-state index is 10.9. The Balaban J connectivity index is 1.84. The van der Waals surface area contributed by atoms with Crippen LogP contribution in [0.15, 0.2) is 42.5 Å². The van der Waals surface area contributed by atoms with Crippen molar-refractivity contribution in [2.24, 2.45) is 0 Å². The van der Waals surface area contributed by atoms with E-state index in [1.54, 1.807) is 12.1 Å². The zero-order chi connectivity index (χ0) is 13.1. The SMILES string of the molecule is O=Cc1cc2c(c(OCc3ccccc3)c1)CCO2. The number of hydrogen-bond donors (Lipinski definition) is 0. The second-order valence-electron chi connectivity index (χ2n) is 4.49. The van der Waals surface area contributed by atoms with Gasteiger partial charge in [0.1, 0.15) is 24.4 Å². The summed E-state index contributed by atoms with van der Waals surface area (Å²) < 4.78 is 11.3. The molecule has 0 aliphatic carbocycles. The number of carbonyl (C=O) groups excluding carboxylic acids is 1. The molecule has 3 nitrogen and oxygen atoms in total. The predicted octanol–water partition coefficient (Wildman–Crippen LogP) is 3.01. The molecule has 19 heavy (non-hydrogen) atoms. The molecule has 0 bridgehead atoms. The highest BCUT2D eigenvalue weighted by Gasteiger charge is 2.18. The van der Waals surface area contributed by atoms with Gasteiger partial charge in [-0.25, -0.2) is 0 Å². The highest BCUT2D eigenvalue weighted by Crippen LogP contribution is 2.35. The monoisotopic (exact) mass is 254 g/mol. The minimum atomic E-state index is 0.496. The standard InChI is InChI=1S/C16H14O3/c17-10-13-8-15-14(6-7-18-15)16(9-13)19-11-12-4-2-1-3-5-12/h1-5,8-10H,6-7,11H2. The van der Waals surface area contributed by atoms with Gasteiger partial charge >= 0.3 is 0 Å². The van der Waals surface area contributed by atoms with Crippen molar-refractivity contribution in [1.29, 1.82) is 0 Å². The second-order valence-corrected chi connectivity index (χ2v) is 4.49. The second kappa shape index (κ2) is 5.14. The van der Waals surface area contributed by atoms with Crippen LogP contribution in [0, 0.1) is 0 Å². The van der Waals surface area contributed by atoms with Crippen molar-refractivity contribution in [2.45, 2.75) is 13.0 Å². The van der Waals surface area contributed by atoms with E-state index in [2.05, 4.69) is 0 Å². The summed E-state index contributed by atoms with van der Waals surface area (Å²) in [5, 5.41) is 0. The van der Waals surface area contributed by atoms with Gasteiger partial charge in [0, 0.05) is 17.5 Å². The Kier molecular flexibility index (Phi) is 3.19. The first-order chi connectivity index (χ1) is 9.36. The molecule has 1 aliphatic rings. The summed E-state index contributed by atoms with van der Waals surface area (Å²) in [5.41, 5.74) is 2.75. The summed E-state index contributed by atoms with van der Waals surface area (Å²) >= 11 is 0. The molecule has 0 saturated carbocycles. The van der Waals surface area contributed by atoms with Gasteiger partial charge in [-0.3, -0.25) is 4.79 Å². The number of ether oxygens (including phenoxy) is 2. The topological polar surface area (TPSA) is 35.5 Å². The smallest absolute Gasteiger partial charge is 0.150 e. The van der Waals surface area contributed by atoms with E-state index in [4.69, 9.17) is 9.47 Å². The number of fused-ring (bicyclic) bond motifs is 1. The third-order valence-corrected chi connectivity index (χ3v) is 3.17. The van der Waals surface area contributed by atoms with Gasteiger partial charge in [-0.05, 0) is 17.7 Å². The Labute approximate surface area is 111 Å². The lowest BCUT2D eigenvalue weighted by Crippen LogP contribution is -1.98. The summed E-state index contributed by atoms with van der Waals surface area (Å²) in [4.78, 5) is 10.9. The molecular formula is C16H14O3. The molecule has 2 aromatic carbocycles. The Morgan fingerprint density at radius 2 is 2.05 bits per heavy atom. The van der Waals surface area contributed by atoms with Crippen LogP contribution in [0.5, 0.6) is 11.5 Å². The zero-order valence-electron chi connectivity index (χ0n) is 10.5. The number of rotatable bonds is 4. The highest BCUT2D eigenvalue weighted by atomic mass is 16.5. The quantitative estimate of drug-likeness (QED) is 0.787. The number of benzene rings is 2. The Bertz CT molecular complexity index is 590. The molecule has 1 aliphatic heterocycles. The van der Waals surface area contributed by atoms with Gasteiger partial charge in [0.05, 0.1) is 6.61 Å². The average Bonchev–Trinajstić information content (AvgIpc) is 2.94. The summed E-state index contributed by atoms with van der Waals surface area (Å²) in [6.07, 6.45) is 1.65. The first kappa shape index (κ1) is 11.8. The van der Waals surface area contributed by atoms with Crippen LogP contribution in [0.2, 0.25) is 0 Å². The number of hydrogen-bond acceptors (Lipinski definition) is 3. The lowest BCUT2D eigenvalue weighted by molar-refractivity contribution is 0.112. The summed E-state index contributed by atoms with van der Waals surface area (Å²) in [6, 6.07) is 13.5. The van der Waals surface area contributed by atoms with Crippen molar-refractivity contribution in [3.8, 4) is 11.5 Å². The molecule has 2 aromatic rings. The van der Waals surface area contributed by atoms with E-state index in [9.17, 15) is 4.79 Å². The van der Waals surface area contributed by atoms with Gasteiger partial charge < -0.3 is 9.47 Å². The van der Waals surface area contributed by atoms with Gasteiger partial charge in [-0.15, -0.1) is 0 Å². The van der Waals surface area contributed by atoms with Crippen LogP contribution in [0.4, 0.5) is 0 Å². The molecule has 3 rings (SSSR count). The molecule has 0 spiro atoms. The van der Waals surface area contributed by atoms with E-state index in [1.165, 1.54) is 0 Å². The van der Waals surface area contributed by atoms with Crippen LogP contribution in [0.3, 0.4) is 0 Å². The molecule has 0 N–H and O–H groups in total. The van der Waals surface area contributed by atoms with Crippen molar-refractivity contribution in [1.82, 2.24) is 0 Å². The van der Waals surface area contributed by atoms with Crippen LogP contribution >= 0.6 is 0 Å². The summed E-state index contributed by atoms with van der Waals surface area (Å²) in [6.45, 7) is 1.15. The molecule has 0 unspecified atom stereocenters. The number of carbonyl (C=O) groups is 1.